The highest BCUT2D eigenvalue weighted by Gasteiger charge is 2.23. The van der Waals surface area contributed by atoms with Gasteiger partial charge in [0.25, 0.3) is 0 Å². The summed E-state index contributed by atoms with van der Waals surface area (Å²) in [6.07, 6.45) is 0. The van der Waals surface area contributed by atoms with Crippen LogP contribution in [0.5, 0.6) is 0 Å². The van der Waals surface area contributed by atoms with E-state index in [1.54, 1.807) is 0 Å². The minimum Gasteiger partial charge on any atom is -0.383 e. The minimum absolute atomic E-state index is 0.0678. The van der Waals surface area contributed by atoms with Crippen LogP contribution in [0.3, 0.4) is 0 Å². The normalized spacial score (nSPS) is 11.5. The molecule has 0 saturated heterocycles. The summed E-state index contributed by atoms with van der Waals surface area (Å²) in [5.41, 5.74) is 0.248. The molecule has 0 aromatic heterocycles. The molecule has 0 saturated carbocycles. The number of halogens is 1. The average molecular weight is 289 g/mol. The van der Waals surface area contributed by atoms with E-state index in [9.17, 15) is 8.42 Å². The van der Waals surface area contributed by atoms with Crippen molar-refractivity contribution in [1.82, 2.24) is 4.31 Å². The van der Waals surface area contributed by atoms with E-state index in [-0.39, 0.29) is 28.6 Å². The number of likely N-dealkylation sites (N-methyl/N-ethyl adjacent to an activating group) is 1. The number of hydrogen-bond donors (Lipinski definition) is 0. The highest BCUT2D eigenvalue weighted by Crippen LogP contribution is 2.24. The molecular formula is C11H13ClN2O3S. The lowest BCUT2D eigenvalue weighted by molar-refractivity contribution is 0.185. The topological polar surface area (TPSA) is 70.4 Å². The second-order valence-electron chi connectivity index (χ2n) is 3.58. The molecule has 0 unspecified atom stereocenters. The number of benzene rings is 1. The Morgan fingerprint density at radius 3 is 2.72 bits per heavy atom. The van der Waals surface area contributed by atoms with Gasteiger partial charge in [-0.25, -0.2) is 8.42 Å². The van der Waals surface area contributed by atoms with E-state index < -0.39 is 10.0 Å². The summed E-state index contributed by atoms with van der Waals surface area (Å²) >= 11 is 5.87. The van der Waals surface area contributed by atoms with Crippen molar-refractivity contribution in [3.05, 3.63) is 28.8 Å². The first kappa shape index (κ1) is 14.9. The molecule has 0 atom stereocenters. The summed E-state index contributed by atoms with van der Waals surface area (Å²) in [6.45, 7) is 0.497. The quantitative estimate of drug-likeness (QED) is 0.823. The van der Waals surface area contributed by atoms with Crippen molar-refractivity contribution < 1.29 is 13.2 Å². The summed E-state index contributed by atoms with van der Waals surface area (Å²) in [5, 5.41) is 8.87. The van der Waals surface area contributed by atoms with Crippen LogP contribution in [0.25, 0.3) is 0 Å². The largest absolute Gasteiger partial charge is 0.383 e. The molecule has 98 valence electrons. The third kappa shape index (κ3) is 3.21. The fourth-order valence-corrected chi connectivity index (χ4v) is 2.93. The molecule has 18 heavy (non-hydrogen) atoms. The zero-order chi connectivity index (χ0) is 13.8. The van der Waals surface area contributed by atoms with Gasteiger partial charge in [0.2, 0.25) is 10.0 Å². The van der Waals surface area contributed by atoms with Crippen molar-refractivity contribution >= 4 is 21.6 Å². The molecule has 0 amide bonds. The smallest absolute Gasteiger partial charge is 0.244 e. The second-order valence-corrected chi connectivity index (χ2v) is 6.00. The van der Waals surface area contributed by atoms with E-state index in [0.717, 1.165) is 4.31 Å². The van der Waals surface area contributed by atoms with Gasteiger partial charge in [0.15, 0.2) is 0 Å². The molecule has 0 radical (unpaired) electrons. The van der Waals surface area contributed by atoms with E-state index in [1.807, 2.05) is 6.07 Å². The summed E-state index contributed by atoms with van der Waals surface area (Å²) in [6, 6.07) is 6.02. The van der Waals surface area contributed by atoms with Crippen molar-refractivity contribution in [2.45, 2.75) is 4.90 Å². The first-order valence-corrected chi connectivity index (χ1v) is 6.90. The molecule has 0 spiro atoms. The van der Waals surface area contributed by atoms with Crippen LogP contribution in [0.4, 0.5) is 0 Å². The van der Waals surface area contributed by atoms with Gasteiger partial charge in [-0.2, -0.15) is 9.57 Å². The van der Waals surface area contributed by atoms with Crippen LogP contribution in [-0.4, -0.2) is 40.0 Å². The number of hydrogen-bond acceptors (Lipinski definition) is 4. The molecule has 1 rings (SSSR count). The Bertz CT molecular complexity index is 566. The number of nitriles is 1. The van der Waals surface area contributed by atoms with E-state index in [1.165, 1.54) is 32.4 Å². The standard InChI is InChI=1S/C11H13ClN2O3S/c1-14(5-6-17-2)18(15,16)11-7-9(8-13)3-4-10(11)12/h3-4,7H,5-6H2,1-2H3. The van der Waals surface area contributed by atoms with Crippen LogP contribution >= 0.6 is 11.6 Å². The maximum atomic E-state index is 12.2. The van der Waals surface area contributed by atoms with E-state index in [4.69, 9.17) is 21.6 Å². The van der Waals surface area contributed by atoms with Gasteiger partial charge < -0.3 is 4.74 Å². The molecule has 0 N–H and O–H groups in total. The zero-order valence-electron chi connectivity index (χ0n) is 10.1. The number of ether oxygens (including phenoxy) is 1. The highest BCUT2D eigenvalue weighted by molar-refractivity contribution is 7.89. The molecule has 0 heterocycles. The third-order valence-electron chi connectivity index (χ3n) is 2.36. The third-order valence-corrected chi connectivity index (χ3v) is 4.70. The van der Waals surface area contributed by atoms with Gasteiger partial charge in [0, 0.05) is 20.7 Å². The Labute approximate surface area is 112 Å². The predicted molar refractivity (Wildman–Crippen MR) is 67.9 cm³/mol. The van der Waals surface area contributed by atoms with Crippen molar-refractivity contribution in [3.63, 3.8) is 0 Å². The fraction of sp³-hybridized carbons (Fsp3) is 0.364. The highest BCUT2D eigenvalue weighted by atomic mass is 35.5. The van der Waals surface area contributed by atoms with Crippen LogP contribution in [0.1, 0.15) is 5.56 Å². The molecule has 0 bridgehead atoms. The Kier molecular flexibility index (Phi) is 5.11. The molecule has 0 fully saturated rings. The van der Waals surface area contributed by atoms with Gasteiger partial charge in [0.1, 0.15) is 4.90 Å². The van der Waals surface area contributed by atoms with Gasteiger partial charge in [-0.05, 0) is 18.2 Å². The molecule has 1 aromatic carbocycles. The Morgan fingerprint density at radius 2 is 2.17 bits per heavy atom. The maximum absolute atomic E-state index is 12.2. The number of methoxy groups -OCH3 is 1. The first-order chi connectivity index (χ1) is 8.43. The Balaban J connectivity index is 3.16. The second kappa shape index (κ2) is 6.16. The summed E-state index contributed by atoms with van der Waals surface area (Å²) in [5.74, 6) is 0. The van der Waals surface area contributed by atoms with E-state index in [0.29, 0.717) is 0 Å². The Morgan fingerprint density at radius 1 is 1.50 bits per heavy atom. The maximum Gasteiger partial charge on any atom is 0.244 e. The molecule has 5 nitrogen and oxygen atoms in total. The summed E-state index contributed by atoms with van der Waals surface area (Å²) in [7, 11) is -0.780. The first-order valence-electron chi connectivity index (χ1n) is 5.08. The van der Waals surface area contributed by atoms with E-state index in [2.05, 4.69) is 0 Å². The molecule has 0 aliphatic heterocycles. The van der Waals surface area contributed by atoms with Crippen molar-refractivity contribution in [1.29, 1.82) is 5.26 Å². The van der Waals surface area contributed by atoms with Crippen molar-refractivity contribution in [2.75, 3.05) is 27.3 Å². The van der Waals surface area contributed by atoms with Crippen LogP contribution in [0, 0.1) is 11.3 Å². The number of sulfonamides is 1. The molecule has 0 aliphatic carbocycles. The van der Waals surface area contributed by atoms with Gasteiger partial charge >= 0.3 is 0 Å². The van der Waals surface area contributed by atoms with Gasteiger partial charge in [-0.1, -0.05) is 11.6 Å². The average Bonchev–Trinajstić information content (AvgIpc) is 2.36. The van der Waals surface area contributed by atoms with Crippen LogP contribution in [-0.2, 0) is 14.8 Å². The lowest BCUT2D eigenvalue weighted by Gasteiger charge is -2.17. The summed E-state index contributed by atoms with van der Waals surface area (Å²) in [4.78, 5) is -0.0678. The lowest BCUT2D eigenvalue weighted by Crippen LogP contribution is -2.30. The van der Waals surface area contributed by atoms with Crippen molar-refractivity contribution in [3.8, 4) is 6.07 Å². The van der Waals surface area contributed by atoms with E-state index >= 15 is 0 Å². The predicted octanol–water partition coefficient (Wildman–Crippen LogP) is 1.48. The molecule has 7 heteroatoms. The van der Waals surface area contributed by atoms with Gasteiger partial charge in [-0.3, -0.25) is 0 Å². The van der Waals surface area contributed by atoms with Crippen LogP contribution in [0.2, 0.25) is 5.02 Å². The van der Waals surface area contributed by atoms with Crippen LogP contribution in [0.15, 0.2) is 23.1 Å². The number of rotatable bonds is 5. The van der Waals surface area contributed by atoms with Crippen LogP contribution < -0.4 is 0 Å². The van der Waals surface area contributed by atoms with Gasteiger partial charge in [-0.15, -0.1) is 0 Å². The molecule has 1 aromatic rings. The summed E-state index contributed by atoms with van der Waals surface area (Å²) < 4.78 is 30.4. The zero-order valence-corrected chi connectivity index (χ0v) is 11.6. The Hall–Kier alpha value is -1.13. The SMILES string of the molecule is COCCN(C)S(=O)(=O)c1cc(C#N)ccc1Cl. The monoisotopic (exact) mass is 288 g/mol. The minimum atomic E-state index is -3.70. The lowest BCUT2D eigenvalue weighted by atomic mass is 10.2. The fourth-order valence-electron chi connectivity index (χ4n) is 1.28. The number of nitrogens with zero attached hydrogens (tertiary/aromatic N) is 2. The van der Waals surface area contributed by atoms with Gasteiger partial charge in [0.05, 0.1) is 23.3 Å². The van der Waals surface area contributed by atoms with Crippen molar-refractivity contribution in [2.24, 2.45) is 0 Å². The molecule has 0 aliphatic rings. The molecular weight excluding hydrogens is 276 g/mol.